The first-order valence-corrected chi connectivity index (χ1v) is 4.53. The molecule has 0 fully saturated rings. The van der Waals surface area contributed by atoms with Gasteiger partial charge in [-0.15, -0.1) is 0 Å². The zero-order valence-electron chi connectivity index (χ0n) is 8.40. The van der Waals surface area contributed by atoms with Crippen molar-refractivity contribution in [2.24, 2.45) is 0 Å². The summed E-state index contributed by atoms with van der Waals surface area (Å²) >= 11 is 0. The summed E-state index contributed by atoms with van der Waals surface area (Å²) in [4.78, 5) is 25.7. The van der Waals surface area contributed by atoms with Gasteiger partial charge in [-0.25, -0.2) is 0 Å². The summed E-state index contributed by atoms with van der Waals surface area (Å²) in [5, 5.41) is 2.58. The number of rotatable bonds is 4. The van der Waals surface area contributed by atoms with Crippen LogP contribution in [0.4, 0.5) is 0 Å². The average molecular weight is 208 g/mol. The van der Waals surface area contributed by atoms with Crippen molar-refractivity contribution in [2.45, 2.75) is 6.92 Å². The second kappa shape index (κ2) is 5.74. The molecule has 1 rings (SSSR count). The lowest BCUT2D eigenvalue weighted by molar-refractivity contribution is -0.140. The van der Waals surface area contributed by atoms with Gasteiger partial charge in [0.2, 0.25) is 0 Å². The quantitative estimate of drug-likeness (QED) is 0.573. The van der Waals surface area contributed by atoms with Crippen LogP contribution in [-0.2, 0) is 9.53 Å². The van der Waals surface area contributed by atoms with Crippen molar-refractivity contribution in [3.63, 3.8) is 0 Å². The third-order valence-electron chi connectivity index (χ3n) is 1.59. The number of carbonyl (C=O) groups excluding carboxylic acids is 2. The molecule has 0 atom stereocenters. The highest BCUT2D eigenvalue weighted by molar-refractivity contribution is 5.92. The minimum absolute atomic E-state index is 0.175. The van der Waals surface area contributed by atoms with Gasteiger partial charge in [-0.2, -0.15) is 0 Å². The van der Waals surface area contributed by atoms with Gasteiger partial charge in [0.15, 0.2) is 0 Å². The smallest absolute Gasteiger partial charge is 0.302 e. The number of nitrogens with zero attached hydrogens (tertiary/aromatic N) is 1. The molecule has 5 heteroatoms. The van der Waals surface area contributed by atoms with E-state index in [0.717, 1.165) is 0 Å². The van der Waals surface area contributed by atoms with E-state index in [1.165, 1.54) is 6.92 Å². The fourth-order valence-corrected chi connectivity index (χ4v) is 0.947. The summed E-state index contributed by atoms with van der Waals surface area (Å²) in [5.74, 6) is -0.634. The summed E-state index contributed by atoms with van der Waals surface area (Å²) in [5.41, 5.74) is 0.348. The van der Waals surface area contributed by atoms with E-state index in [0.29, 0.717) is 5.69 Å². The molecular weight excluding hydrogens is 196 g/mol. The molecule has 0 aliphatic rings. The summed E-state index contributed by atoms with van der Waals surface area (Å²) in [6, 6.07) is 5.07. The Hall–Kier alpha value is -1.91. The minimum atomic E-state index is -0.359. The Bertz CT molecular complexity index is 338. The molecule has 80 valence electrons. The minimum Gasteiger partial charge on any atom is -0.464 e. The van der Waals surface area contributed by atoms with E-state index < -0.39 is 0 Å². The maximum atomic E-state index is 11.4. The van der Waals surface area contributed by atoms with Gasteiger partial charge in [-0.05, 0) is 12.1 Å². The molecule has 0 bridgehead atoms. The van der Waals surface area contributed by atoms with Gasteiger partial charge in [-0.1, -0.05) is 6.07 Å². The second-order valence-corrected chi connectivity index (χ2v) is 2.81. The van der Waals surface area contributed by atoms with Gasteiger partial charge in [-0.3, -0.25) is 14.6 Å². The van der Waals surface area contributed by atoms with Crippen LogP contribution in [0.15, 0.2) is 24.4 Å². The lowest BCUT2D eigenvalue weighted by atomic mass is 10.3. The lowest BCUT2D eigenvalue weighted by Gasteiger charge is -2.04. The Balaban J connectivity index is 2.28. The van der Waals surface area contributed by atoms with Gasteiger partial charge in [0, 0.05) is 13.1 Å². The number of amides is 1. The van der Waals surface area contributed by atoms with Crippen molar-refractivity contribution < 1.29 is 14.3 Å². The van der Waals surface area contributed by atoms with Crippen LogP contribution in [0.5, 0.6) is 0 Å². The van der Waals surface area contributed by atoms with E-state index in [1.54, 1.807) is 24.4 Å². The predicted octanol–water partition coefficient (Wildman–Crippen LogP) is 0.374. The maximum absolute atomic E-state index is 11.4. The molecule has 1 N–H and O–H groups in total. The zero-order valence-corrected chi connectivity index (χ0v) is 8.40. The number of carbonyl (C=O) groups is 2. The second-order valence-electron chi connectivity index (χ2n) is 2.81. The Morgan fingerprint density at radius 3 is 2.87 bits per heavy atom. The molecule has 0 saturated carbocycles. The topological polar surface area (TPSA) is 68.3 Å². The number of hydrogen-bond acceptors (Lipinski definition) is 4. The number of esters is 1. The fourth-order valence-electron chi connectivity index (χ4n) is 0.947. The molecular formula is C10H12N2O3. The monoisotopic (exact) mass is 208 g/mol. The Morgan fingerprint density at radius 1 is 1.47 bits per heavy atom. The molecule has 0 unspecified atom stereocenters. The third kappa shape index (κ3) is 4.21. The van der Waals surface area contributed by atoms with Crippen LogP contribution in [0.1, 0.15) is 17.4 Å². The van der Waals surface area contributed by atoms with Crippen molar-refractivity contribution in [3.05, 3.63) is 30.1 Å². The van der Waals surface area contributed by atoms with Gasteiger partial charge >= 0.3 is 5.97 Å². The highest BCUT2D eigenvalue weighted by atomic mass is 16.5. The van der Waals surface area contributed by atoms with E-state index in [4.69, 9.17) is 0 Å². The first-order valence-electron chi connectivity index (χ1n) is 4.53. The largest absolute Gasteiger partial charge is 0.464 e. The maximum Gasteiger partial charge on any atom is 0.302 e. The summed E-state index contributed by atoms with van der Waals surface area (Å²) in [7, 11) is 0. The van der Waals surface area contributed by atoms with E-state index in [-0.39, 0.29) is 25.0 Å². The lowest BCUT2D eigenvalue weighted by Crippen LogP contribution is -2.28. The van der Waals surface area contributed by atoms with E-state index in [2.05, 4.69) is 15.0 Å². The number of aromatic nitrogens is 1. The summed E-state index contributed by atoms with van der Waals surface area (Å²) in [6.07, 6.45) is 1.54. The number of ether oxygens (including phenoxy) is 1. The number of hydrogen-bond donors (Lipinski definition) is 1. The Kier molecular flexibility index (Phi) is 4.28. The number of pyridine rings is 1. The van der Waals surface area contributed by atoms with Crippen LogP contribution in [0, 0.1) is 0 Å². The van der Waals surface area contributed by atoms with Crippen LogP contribution in [0.2, 0.25) is 0 Å². The highest BCUT2D eigenvalue weighted by Gasteiger charge is 2.04. The third-order valence-corrected chi connectivity index (χ3v) is 1.59. The van der Waals surface area contributed by atoms with Crippen molar-refractivity contribution in [2.75, 3.05) is 13.2 Å². The number of nitrogens with one attached hydrogen (secondary N) is 1. The van der Waals surface area contributed by atoms with Crippen molar-refractivity contribution >= 4 is 11.9 Å². The molecule has 15 heavy (non-hydrogen) atoms. The SMILES string of the molecule is CC(=O)OCCNC(=O)c1ccccn1. The Labute approximate surface area is 87.5 Å². The fraction of sp³-hybridized carbons (Fsp3) is 0.300. The molecule has 1 heterocycles. The molecule has 0 radical (unpaired) electrons. The van der Waals surface area contributed by atoms with Crippen LogP contribution in [-0.4, -0.2) is 30.0 Å². The molecule has 1 aromatic heterocycles. The standard InChI is InChI=1S/C10H12N2O3/c1-8(13)15-7-6-12-10(14)9-4-2-3-5-11-9/h2-5H,6-7H2,1H3,(H,12,14). The average Bonchev–Trinajstić information content (AvgIpc) is 2.25. The highest BCUT2D eigenvalue weighted by Crippen LogP contribution is 1.91. The predicted molar refractivity (Wildman–Crippen MR) is 53.2 cm³/mol. The molecule has 1 amide bonds. The van der Waals surface area contributed by atoms with Gasteiger partial charge in [0.25, 0.3) is 5.91 Å². The van der Waals surface area contributed by atoms with Crippen molar-refractivity contribution in [1.82, 2.24) is 10.3 Å². The summed E-state index contributed by atoms with van der Waals surface area (Å²) in [6.45, 7) is 1.78. The van der Waals surface area contributed by atoms with Gasteiger partial charge in [0.1, 0.15) is 12.3 Å². The molecule has 0 saturated heterocycles. The van der Waals surface area contributed by atoms with E-state index in [9.17, 15) is 9.59 Å². The molecule has 0 aliphatic heterocycles. The molecule has 5 nitrogen and oxygen atoms in total. The van der Waals surface area contributed by atoms with Crippen LogP contribution < -0.4 is 5.32 Å². The molecule has 0 aromatic carbocycles. The summed E-state index contributed by atoms with van der Waals surface area (Å²) < 4.78 is 4.65. The van der Waals surface area contributed by atoms with Gasteiger partial charge in [0.05, 0.1) is 6.54 Å². The van der Waals surface area contributed by atoms with E-state index >= 15 is 0 Å². The first kappa shape index (κ1) is 11.2. The van der Waals surface area contributed by atoms with Crippen molar-refractivity contribution in [3.8, 4) is 0 Å². The van der Waals surface area contributed by atoms with Crippen LogP contribution in [0.25, 0.3) is 0 Å². The van der Waals surface area contributed by atoms with E-state index in [1.807, 2.05) is 0 Å². The van der Waals surface area contributed by atoms with Crippen LogP contribution in [0.3, 0.4) is 0 Å². The van der Waals surface area contributed by atoms with Crippen molar-refractivity contribution in [1.29, 1.82) is 0 Å². The first-order chi connectivity index (χ1) is 7.20. The Morgan fingerprint density at radius 2 is 2.27 bits per heavy atom. The molecule has 1 aromatic rings. The molecule has 0 aliphatic carbocycles. The van der Waals surface area contributed by atoms with Crippen LogP contribution >= 0.6 is 0 Å². The normalized spacial score (nSPS) is 9.40. The van der Waals surface area contributed by atoms with Gasteiger partial charge < -0.3 is 10.1 Å². The molecule has 0 spiro atoms. The zero-order chi connectivity index (χ0) is 11.1.